The lowest BCUT2D eigenvalue weighted by atomic mass is 10.1. The Hall–Kier alpha value is -3.54. The largest absolute Gasteiger partial charge is 0.465 e. The molecular formula is C23H20N2O4. The van der Waals surface area contributed by atoms with Crippen LogP contribution in [0.3, 0.4) is 0 Å². The molecule has 2 amide bonds. The van der Waals surface area contributed by atoms with Crippen LogP contribution in [0.5, 0.6) is 0 Å². The predicted octanol–water partition coefficient (Wildman–Crippen LogP) is 3.40. The van der Waals surface area contributed by atoms with Gasteiger partial charge in [-0.25, -0.2) is 0 Å². The van der Waals surface area contributed by atoms with Crippen LogP contribution in [0.25, 0.3) is 10.9 Å². The smallest absolute Gasteiger partial charge is 0.310 e. The van der Waals surface area contributed by atoms with E-state index in [1.54, 1.807) is 30.5 Å². The zero-order chi connectivity index (χ0) is 20.2. The maximum atomic E-state index is 12.3. The van der Waals surface area contributed by atoms with Gasteiger partial charge in [-0.15, -0.1) is 0 Å². The van der Waals surface area contributed by atoms with Crippen LogP contribution in [0.2, 0.25) is 0 Å². The van der Waals surface area contributed by atoms with Gasteiger partial charge in [-0.1, -0.05) is 36.4 Å². The van der Waals surface area contributed by atoms with Gasteiger partial charge in [0.15, 0.2) is 0 Å². The quantitative estimate of drug-likeness (QED) is 0.352. The first kappa shape index (κ1) is 18.8. The summed E-state index contributed by atoms with van der Waals surface area (Å²) in [7, 11) is 0. The number of esters is 1. The Morgan fingerprint density at radius 3 is 2.38 bits per heavy atom. The van der Waals surface area contributed by atoms with Gasteiger partial charge in [-0.2, -0.15) is 0 Å². The molecule has 146 valence electrons. The van der Waals surface area contributed by atoms with Gasteiger partial charge in [-0.05, 0) is 36.6 Å². The first-order chi connectivity index (χ1) is 14.1. The molecule has 0 saturated carbocycles. The van der Waals surface area contributed by atoms with Gasteiger partial charge in [0, 0.05) is 18.1 Å². The summed E-state index contributed by atoms with van der Waals surface area (Å²) in [5.74, 6) is -0.832. The van der Waals surface area contributed by atoms with Gasteiger partial charge in [0.2, 0.25) is 0 Å². The van der Waals surface area contributed by atoms with E-state index >= 15 is 0 Å². The Labute approximate surface area is 168 Å². The van der Waals surface area contributed by atoms with Crippen LogP contribution in [0, 0.1) is 0 Å². The molecule has 6 heteroatoms. The summed E-state index contributed by atoms with van der Waals surface area (Å²) in [4.78, 5) is 42.4. The van der Waals surface area contributed by atoms with Gasteiger partial charge in [0.25, 0.3) is 11.8 Å². The number of amides is 2. The fourth-order valence-electron chi connectivity index (χ4n) is 3.52. The van der Waals surface area contributed by atoms with Crippen LogP contribution in [-0.4, -0.2) is 40.8 Å². The van der Waals surface area contributed by atoms with Crippen molar-refractivity contribution in [2.24, 2.45) is 0 Å². The summed E-state index contributed by atoms with van der Waals surface area (Å²) in [6.07, 6.45) is 3.02. The number of aromatic nitrogens is 1. The molecule has 2 aromatic carbocycles. The number of imide groups is 1. The second-order valence-corrected chi connectivity index (χ2v) is 6.90. The Morgan fingerprint density at radius 1 is 0.897 bits per heavy atom. The molecule has 0 unspecified atom stereocenters. The van der Waals surface area contributed by atoms with E-state index in [2.05, 4.69) is 4.98 Å². The molecule has 2 heterocycles. The third-order valence-corrected chi connectivity index (χ3v) is 4.97. The maximum Gasteiger partial charge on any atom is 0.310 e. The topological polar surface area (TPSA) is 76.6 Å². The Balaban J connectivity index is 1.24. The van der Waals surface area contributed by atoms with Crippen LogP contribution in [0.15, 0.2) is 60.8 Å². The SMILES string of the molecule is O=C(Cc1cccc2cccnc12)OCCCCN1C(=O)c2ccccc2C1=O. The van der Waals surface area contributed by atoms with Crippen LogP contribution in [0.4, 0.5) is 0 Å². The third kappa shape index (κ3) is 3.87. The number of nitrogens with zero attached hydrogens (tertiary/aromatic N) is 2. The fourth-order valence-corrected chi connectivity index (χ4v) is 3.52. The minimum Gasteiger partial charge on any atom is -0.465 e. The molecule has 6 nitrogen and oxygen atoms in total. The Kier molecular flexibility index (Phi) is 5.33. The van der Waals surface area contributed by atoms with E-state index in [1.807, 2.05) is 30.3 Å². The van der Waals surface area contributed by atoms with E-state index in [0.29, 0.717) is 30.5 Å². The highest BCUT2D eigenvalue weighted by Gasteiger charge is 2.34. The van der Waals surface area contributed by atoms with E-state index in [4.69, 9.17) is 4.74 Å². The molecule has 29 heavy (non-hydrogen) atoms. The average molecular weight is 388 g/mol. The molecule has 0 saturated heterocycles. The standard InChI is InChI=1S/C23H20N2O4/c26-20(15-17-8-5-7-16-9-6-12-24-21(16)17)29-14-4-3-13-25-22(27)18-10-1-2-11-19(18)23(25)28/h1-2,5-12H,3-4,13-15H2. The van der Waals surface area contributed by atoms with Crippen LogP contribution >= 0.6 is 0 Å². The zero-order valence-corrected chi connectivity index (χ0v) is 15.8. The number of carbonyl (C=O) groups excluding carboxylic acids is 3. The molecule has 0 aliphatic carbocycles. The number of hydrogen-bond acceptors (Lipinski definition) is 5. The minimum absolute atomic E-state index is 0.159. The van der Waals surface area contributed by atoms with Crippen molar-refractivity contribution in [2.75, 3.05) is 13.2 Å². The van der Waals surface area contributed by atoms with Gasteiger partial charge in [0.05, 0.1) is 29.7 Å². The highest BCUT2D eigenvalue weighted by molar-refractivity contribution is 6.21. The summed E-state index contributed by atoms with van der Waals surface area (Å²) < 4.78 is 5.32. The highest BCUT2D eigenvalue weighted by atomic mass is 16.5. The van der Waals surface area contributed by atoms with Crippen LogP contribution < -0.4 is 0 Å². The molecule has 0 radical (unpaired) electrons. The molecule has 1 aliphatic rings. The first-order valence-electron chi connectivity index (χ1n) is 9.58. The molecule has 1 aromatic heterocycles. The monoisotopic (exact) mass is 388 g/mol. The molecule has 3 aromatic rings. The number of benzene rings is 2. The summed E-state index contributed by atoms with van der Waals surface area (Å²) in [6.45, 7) is 0.567. The van der Waals surface area contributed by atoms with Gasteiger partial charge < -0.3 is 4.74 Å². The second-order valence-electron chi connectivity index (χ2n) is 6.90. The summed E-state index contributed by atoms with van der Waals surface area (Å²) in [6, 6.07) is 16.4. The second kappa shape index (κ2) is 8.22. The Morgan fingerprint density at radius 2 is 1.62 bits per heavy atom. The van der Waals surface area contributed by atoms with Crippen LogP contribution in [-0.2, 0) is 16.0 Å². The molecule has 1 aliphatic heterocycles. The van der Waals surface area contributed by atoms with Crippen LogP contribution in [0.1, 0.15) is 39.1 Å². The molecule has 4 rings (SSSR count). The van der Waals surface area contributed by atoms with E-state index in [9.17, 15) is 14.4 Å². The lowest BCUT2D eigenvalue weighted by molar-refractivity contribution is -0.142. The lowest BCUT2D eigenvalue weighted by Gasteiger charge is -2.13. The molecule has 0 N–H and O–H groups in total. The van der Waals surface area contributed by atoms with E-state index in [0.717, 1.165) is 16.5 Å². The zero-order valence-electron chi connectivity index (χ0n) is 15.8. The highest BCUT2D eigenvalue weighted by Crippen LogP contribution is 2.22. The molecule has 0 atom stereocenters. The fraction of sp³-hybridized carbons (Fsp3) is 0.217. The van der Waals surface area contributed by atoms with Gasteiger partial charge in [0.1, 0.15) is 0 Å². The average Bonchev–Trinajstić information content (AvgIpc) is 2.99. The Bertz CT molecular complexity index is 1050. The van der Waals surface area contributed by atoms with E-state index < -0.39 is 0 Å². The van der Waals surface area contributed by atoms with Crippen molar-refractivity contribution in [2.45, 2.75) is 19.3 Å². The first-order valence-corrected chi connectivity index (χ1v) is 9.58. The van der Waals surface area contributed by atoms with Crippen molar-refractivity contribution < 1.29 is 19.1 Å². The third-order valence-electron chi connectivity index (χ3n) is 4.97. The van der Waals surface area contributed by atoms with Crippen molar-refractivity contribution in [3.8, 4) is 0 Å². The number of fused-ring (bicyclic) bond motifs is 2. The van der Waals surface area contributed by atoms with Crippen molar-refractivity contribution in [3.63, 3.8) is 0 Å². The maximum absolute atomic E-state index is 12.3. The van der Waals surface area contributed by atoms with Gasteiger partial charge in [-0.3, -0.25) is 24.3 Å². The number of hydrogen-bond donors (Lipinski definition) is 0. The summed E-state index contributed by atoms with van der Waals surface area (Å²) in [5.41, 5.74) is 2.54. The molecule has 0 fully saturated rings. The molecule has 0 spiro atoms. The van der Waals surface area contributed by atoms with Crippen molar-refractivity contribution >= 4 is 28.7 Å². The van der Waals surface area contributed by atoms with Crippen molar-refractivity contribution in [1.29, 1.82) is 0 Å². The number of ether oxygens (including phenoxy) is 1. The summed E-state index contributed by atoms with van der Waals surface area (Å²) in [5, 5.41) is 0.985. The van der Waals surface area contributed by atoms with Gasteiger partial charge >= 0.3 is 5.97 Å². The number of pyridine rings is 1. The number of unbranched alkanes of at least 4 members (excludes halogenated alkanes) is 1. The van der Waals surface area contributed by atoms with E-state index in [1.165, 1.54) is 4.90 Å². The number of para-hydroxylation sites is 1. The van der Waals surface area contributed by atoms with E-state index in [-0.39, 0.29) is 30.8 Å². The van der Waals surface area contributed by atoms with Crippen molar-refractivity contribution in [3.05, 3.63) is 77.5 Å². The molecule has 0 bridgehead atoms. The van der Waals surface area contributed by atoms with Crippen molar-refractivity contribution in [1.82, 2.24) is 9.88 Å². The number of carbonyl (C=O) groups is 3. The minimum atomic E-state index is -0.316. The molecular weight excluding hydrogens is 368 g/mol. The normalized spacial score (nSPS) is 13.0. The number of rotatable bonds is 7. The summed E-state index contributed by atoms with van der Waals surface area (Å²) >= 11 is 0. The lowest BCUT2D eigenvalue weighted by Crippen LogP contribution is -2.30. The predicted molar refractivity (Wildman–Crippen MR) is 107 cm³/mol.